The van der Waals surface area contributed by atoms with E-state index in [0.717, 1.165) is 29.7 Å². The van der Waals surface area contributed by atoms with Crippen molar-refractivity contribution in [3.05, 3.63) is 88.4 Å². The lowest BCUT2D eigenvalue weighted by atomic mass is 10.1. The van der Waals surface area contributed by atoms with E-state index < -0.39 is 0 Å². The van der Waals surface area contributed by atoms with Crippen LogP contribution in [0, 0.1) is 0 Å². The van der Waals surface area contributed by atoms with Gasteiger partial charge in [0.2, 0.25) is 0 Å². The summed E-state index contributed by atoms with van der Waals surface area (Å²) in [5.74, 6) is 1.14. The smallest absolute Gasteiger partial charge is 0.109 e. The zero-order valence-corrected chi connectivity index (χ0v) is 13.3. The number of benzene rings is 2. The van der Waals surface area contributed by atoms with Crippen LogP contribution in [0.25, 0.3) is 0 Å². The minimum atomic E-state index is 0.865. The largest absolute Gasteiger partial charge is 0.331 e. The number of hydrogen-bond donors (Lipinski definition) is 0. The summed E-state index contributed by atoms with van der Waals surface area (Å²) in [5, 5.41) is 0. The van der Waals surface area contributed by atoms with Gasteiger partial charge in [-0.2, -0.15) is 0 Å². The Labute approximate surface area is 133 Å². The van der Waals surface area contributed by atoms with Gasteiger partial charge in [0.05, 0.1) is 0 Å². The second-order valence-electron chi connectivity index (χ2n) is 5.09. The molecule has 3 heteroatoms. The second kappa shape index (κ2) is 6.72. The van der Waals surface area contributed by atoms with Gasteiger partial charge in [0.15, 0.2) is 0 Å². The van der Waals surface area contributed by atoms with Gasteiger partial charge in [-0.05, 0) is 29.7 Å². The number of imidazole rings is 1. The SMILES string of the molecule is Brc1cccc(Cn2ccnc2CCc2ccccc2)c1. The third kappa shape index (κ3) is 3.82. The van der Waals surface area contributed by atoms with Crippen molar-refractivity contribution >= 4 is 15.9 Å². The van der Waals surface area contributed by atoms with Crippen molar-refractivity contribution in [3.63, 3.8) is 0 Å². The summed E-state index contributed by atoms with van der Waals surface area (Å²) in [6.07, 6.45) is 5.93. The Kier molecular flexibility index (Phi) is 4.51. The van der Waals surface area contributed by atoms with Crippen molar-refractivity contribution in [1.82, 2.24) is 9.55 Å². The molecule has 0 radical (unpaired) electrons. The molecule has 0 unspecified atom stereocenters. The Morgan fingerprint density at radius 2 is 1.71 bits per heavy atom. The minimum absolute atomic E-state index is 0.865. The number of aryl methyl sites for hydroxylation is 2. The lowest BCUT2D eigenvalue weighted by Gasteiger charge is -2.08. The van der Waals surface area contributed by atoms with E-state index in [0.29, 0.717) is 0 Å². The molecule has 3 aromatic rings. The summed E-state index contributed by atoms with van der Waals surface area (Å²) in [4.78, 5) is 4.50. The van der Waals surface area contributed by atoms with Gasteiger partial charge < -0.3 is 4.57 Å². The summed E-state index contributed by atoms with van der Waals surface area (Å²) in [5.41, 5.74) is 2.64. The van der Waals surface area contributed by atoms with Gasteiger partial charge in [-0.25, -0.2) is 4.98 Å². The first-order valence-electron chi connectivity index (χ1n) is 7.09. The molecule has 0 saturated carbocycles. The molecule has 0 fully saturated rings. The van der Waals surface area contributed by atoms with Crippen molar-refractivity contribution in [2.24, 2.45) is 0 Å². The van der Waals surface area contributed by atoms with E-state index in [9.17, 15) is 0 Å². The zero-order chi connectivity index (χ0) is 14.5. The fourth-order valence-corrected chi connectivity index (χ4v) is 2.89. The van der Waals surface area contributed by atoms with Crippen LogP contribution < -0.4 is 0 Å². The van der Waals surface area contributed by atoms with Gasteiger partial charge in [0.25, 0.3) is 0 Å². The molecule has 1 aromatic heterocycles. The summed E-state index contributed by atoms with van der Waals surface area (Å²) in [7, 11) is 0. The highest BCUT2D eigenvalue weighted by molar-refractivity contribution is 9.10. The molecule has 0 aliphatic rings. The maximum absolute atomic E-state index is 4.50. The standard InChI is InChI=1S/C18H17BrN2/c19-17-8-4-7-16(13-17)14-21-12-11-20-18(21)10-9-15-5-2-1-3-6-15/h1-8,11-13H,9-10,14H2. The average molecular weight is 341 g/mol. The van der Waals surface area contributed by atoms with Crippen molar-refractivity contribution in [1.29, 1.82) is 0 Å². The highest BCUT2D eigenvalue weighted by atomic mass is 79.9. The molecule has 0 aliphatic heterocycles. The van der Waals surface area contributed by atoms with Gasteiger partial charge in [-0.15, -0.1) is 0 Å². The van der Waals surface area contributed by atoms with Crippen LogP contribution in [0.15, 0.2) is 71.5 Å². The maximum atomic E-state index is 4.50. The van der Waals surface area contributed by atoms with E-state index in [1.165, 1.54) is 11.1 Å². The van der Waals surface area contributed by atoms with Crippen LogP contribution in [0.2, 0.25) is 0 Å². The molecule has 0 bridgehead atoms. The number of nitrogens with zero attached hydrogens (tertiary/aromatic N) is 2. The summed E-state index contributed by atoms with van der Waals surface area (Å²) in [6.45, 7) is 0.865. The van der Waals surface area contributed by atoms with Crippen molar-refractivity contribution in [2.75, 3.05) is 0 Å². The molecule has 1 heterocycles. The van der Waals surface area contributed by atoms with Crippen LogP contribution >= 0.6 is 15.9 Å². The quantitative estimate of drug-likeness (QED) is 0.669. The highest BCUT2D eigenvalue weighted by Crippen LogP contribution is 2.14. The van der Waals surface area contributed by atoms with E-state index in [-0.39, 0.29) is 0 Å². The lowest BCUT2D eigenvalue weighted by Crippen LogP contribution is -2.05. The van der Waals surface area contributed by atoms with Crippen LogP contribution in [0.1, 0.15) is 17.0 Å². The van der Waals surface area contributed by atoms with Gasteiger partial charge in [-0.3, -0.25) is 0 Å². The van der Waals surface area contributed by atoms with E-state index in [4.69, 9.17) is 0 Å². The van der Waals surface area contributed by atoms with Gasteiger partial charge >= 0.3 is 0 Å². The molecule has 0 saturated heterocycles. The van der Waals surface area contributed by atoms with E-state index in [1.807, 2.05) is 12.3 Å². The normalized spacial score (nSPS) is 10.7. The van der Waals surface area contributed by atoms with E-state index >= 15 is 0 Å². The van der Waals surface area contributed by atoms with Crippen molar-refractivity contribution in [3.8, 4) is 0 Å². The van der Waals surface area contributed by atoms with Crippen LogP contribution in [-0.4, -0.2) is 9.55 Å². The van der Waals surface area contributed by atoms with Gasteiger partial charge in [0.1, 0.15) is 5.82 Å². The maximum Gasteiger partial charge on any atom is 0.109 e. The molecule has 0 aliphatic carbocycles. The molecule has 2 nitrogen and oxygen atoms in total. The molecule has 0 spiro atoms. The Morgan fingerprint density at radius 3 is 2.52 bits per heavy atom. The summed E-state index contributed by atoms with van der Waals surface area (Å²) in [6, 6.07) is 19.0. The van der Waals surface area contributed by atoms with E-state index in [2.05, 4.69) is 80.2 Å². The number of halogens is 1. The monoisotopic (exact) mass is 340 g/mol. The molecule has 0 atom stereocenters. The Balaban J connectivity index is 1.69. The molecule has 3 rings (SSSR count). The number of rotatable bonds is 5. The van der Waals surface area contributed by atoms with Crippen LogP contribution in [-0.2, 0) is 19.4 Å². The molecule has 0 amide bonds. The number of aromatic nitrogens is 2. The molecular weight excluding hydrogens is 324 g/mol. The first kappa shape index (κ1) is 14.1. The average Bonchev–Trinajstić information content (AvgIpc) is 2.93. The Hall–Kier alpha value is -1.87. The summed E-state index contributed by atoms with van der Waals surface area (Å²) < 4.78 is 3.34. The molecule has 0 N–H and O–H groups in total. The van der Waals surface area contributed by atoms with Crippen molar-refractivity contribution in [2.45, 2.75) is 19.4 Å². The third-order valence-electron chi connectivity index (χ3n) is 3.52. The predicted molar refractivity (Wildman–Crippen MR) is 89.3 cm³/mol. The fraction of sp³-hybridized carbons (Fsp3) is 0.167. The van der Waals surface area contributed by atoms with Crippen LogP contribution in [0.4, 0.5) is 0 Å². The van der Waals surface area contributed by atoms with Crippen LogP contribution in [0.5, 0.6) is 0 Å². The van der Waals surface area contributed by atoms with Crippen LogP contribution in [0.3, 0.4) is 0 Å². The van der Waals surface area contributed by atoms with Gasteiger partial charge in [0, 0.05) is 29.8 Å². The van der Waals surface area contributed by atoms with E-state index in [1.54, 1.807) is 0 Å². The first-order chi connectivity index (χ1) is 10.3. The Morgan fingerprint density at radius 1 is 0.905 bits per heavy atom. The number of hydrogen-bond acceptors (Lipinski definition) is 1. The third-order valence-corrected chi connectivity index (χ3v) is 4.02. The topological polar surface area (TPSA) is 17.8 Å². The lowest BCUT2D eigenvalue weighted by molar-refractivity contribution is 0.712. The van der Waals surface area contributed by atoms with Crippen molar-refractivity contribution < 1.29 is 0 Å². The summed E-state index contributed by atoms with van der Waals surface area (Å²) >= 11 is 3.52. The molecular formula is C18H17BrN2. The molecule has 106 valence electrons. The zero-order valence-electron chi connectivity index (χ0n) is 11.7. The predicted octanol–water partition coefficient (Wildman–Crippen LogP) is 4.48. The first-order valence-corrected chi connectivity index (χ1v) is 7.89. The molecule has 21 heavy (non-hydrogen) atoms. The Bertz CT molecular complexity index is 704. The highest BCUT2D eigenvalue weighted by Gasteiger charge is 2.04. The molecule has 2 aromatic carbocycles. The fourth-order valence-electron chi connectivity index (χ4n) is 2.44. The second-order valence-corrected chi connectivity index (χ2v) is 6.00. The minimum Gasteiger partial charge on any atom is -0.331 e. The van der Waals surface area contributed by atoms with Gasteiger partial charge in [-0.1, -0.05) is 58.4 Å².